The van der Waals surface area contributed by atoms with Crippen molar-refractivity contribution in [3.05, 3.63) is 182 Å². The van der Waals surface area contributed by atoms with Gasteiger partial charge in [0, 0.05) is 55.3 Å². The number of benzene rings is 7. The number of furan rings is 1. The van der Waals surface area contributed by atoms with Gasteiger partial charge in [-0.15, -0.1) is 0 Å². The van der Waals surface area contributed by atoms with Gasteiger partial charge in [0.2, 0.25) is 0 Å². The van der Waals surface area contributed by atoms with Crippen molar-refractivity contribution in [2.75, 3.05) is 0 Å². The van der Waals surface area contributed by atoms with E-state index >= 15 is 0 Å². The van der Waals surface area contributed by atoms with E-state index < -0.39 is 0 Å². The third-order valence-electron chi connectivity index (χ3n) is 10.5. The van der Waals surface area contributed by atoms with Gasteiger partial charge in [-0.2, -0.15) is 0 Å². The summed E-state index contributed by atoms with van der Waals surface area (Å²) < 4.78 is 17.4. The Bertz CT molecular complexity index is 3150. The minimum Gasteiger partial charge on any atom is -0.462 e. The monoisotopic (exact) mass is 666 g/mol. The number of nitrogens with zero attached hydrogens (tertiary/aromatic N) is 2. The molecule has 0 saturated heterocycles. The lowest BCUT2D eigenvalue weighted by molar-refractivity contribution is 0.483. The van der Waals surface area contributed by atoms with E-state index in [4.69, 9.17) is 9.15 Å². The Morgan fingerprint density at radius 2 is 1.15 bits per heavy atom. The molecule has 1 aliphatic rings. The van der Waals surface area contributed by atoms with Gasteiger partial charge < -0.3 is 18.3 Å². The van der Waals surface area contributed by atoms with Gasteiger partial charge in [0.25, 0.3) is 0 Å². The van der Waals surface area contributed by atoms with Gasteiger partial charge in [0.1, 0.15) is 11.2 Å². The summed E-state index contributed by atoms with van der Waals surface area (Å²) >= 11 is 0. The van der Waals surface area contributed by atoms with E-state index in [0.717, 1.165) is 94.2 Å². The number of rotatable bonds is 3. The molecule has 11 rings (SSSR count). The lowest BCUT2D eigenvalue weighted by Crippen LogP contribution is -1.98. The van der Waals surface area contributed by atoms with E-state index in [1.54, 1.807) is 6.26 Å². The summed E-state index contributed by atoms with van der Waals surface area (Å²) in [6.07, 6.45) is 7.65. The molecule has 0 unspecified atom stereocenters. The fourth-order valence-corrected chi connectivity index (χ4v) is 8.16. The number of fused-ring (bicyclic) bond motifs is 11. The fraction of sp³-hybridized carbons (Fsp3) is 0. The summed E-state index contributed by atoms with van der Waals surface area (Å²) in [7, 11) is 0. The SMILES string of the molecule is C=C1/C=C\C=C/Oc2c1ccc1c3cc(-c4ccc5c6cc7c(cc6n(-c6ccccc6)c5c4)oc4ccccc47)ccc3n(-c3ccccc3)c21. The second-order valence-electron chi connectivity index (χ2n) is 13.4. The van der Waals surface area contributed by atoms with Crippen LogP contribution in [-0.4, -0.2) is 9.13 Å². The first-order valence-electron chi connectivity index (χ1n) is 17.5. The van der Waals surface area contributed by atoms with Gasteiger partial charge in [-0.3, -0.25) is 0 Å². The van der Waals surface area contributed by atoms with Crippen LogP contribution in [0.5, 0.6) is 5.75 Å². The van der Waals surface area contributed by atoms with Crippen LogP contribution in [0.1, 0.15) is 5.56 Å². The predicted octanol–water partition coefficient (Wildman–Crippen LogP) is 12.9. The molecule has 0 aliphatic carbocycles. The average Bonchev–Trinajstić information content (AvgIpc) is 3.83. The van der Waals surface area contributed by atoms with Crippen LogP contribution in [0.2, 0.25) is 0 Å². The maximum atomic E-state index is 6.37. The molecule has 4 heteroatoms. The molecule has 0 bridgehead atoms. The van der Waals surface area contributed by atoms with Crippen LogP contribution in [0.15, 0.2) is 181 Å². The summed E-state index contributed by atoms with van der Waals surface area (Å²) in [6.45, 7) is 4.35. The Balaban J connectivity index is 1.17. The lowest BCUT2D eigenvalue weighted by atomic mass is 9.99. The van der Waals surface area contributed by atoms with E-state index in [9.17, 15) is 0 Å². The number of ether oxygens (including phenoxy) is 1. The molecule has 10 aromatic rings. The normalized spacial score (nSPS) is 14.3. The summed E-state index contributed by atoms with van der Waals surface area (Å²) in [5.41, 5.74) is 12.6. The third kappa shape index (κ3) is 4.15. The van der Waals surface area contributed by atoms with Crippen molar-refractivity contribution in [3.8, 4) is 28.3 Å². The molecule has 0 amide bonds. The summed E-state index contributed by atoms with van der Waals surface area (Å²) in [6, 6.07) is 51.9. The van der Waals surface area contributed by atoms with Crippen LogP contribution in [0.25, 0.3) is 93.6 Å². The Kier molecular flexibility index (Phi) is 6.07. The molecular formula is C48H30N2O2. The van der Waals surface area contributed by atoms with Crippen LogP contribution < -0.4 is 4.74 Å². The zero-order valence-corrected chi connectivity index (χ0v) is 28.1. The smallest absolute Gasteiger partial charge is 0.158 e. The van der Waals surface area contributed by atoms with E-state index in [0.29, 0.717) is 0 Å². The van der Waals surface area contributed by atoms with Crippen molar-refractivity contribution >= 4 is 71.1 Å². The van der Waals surface area contributed by atoms with Gasteiger partial charge in [-0.25, -0.2) is 0 Å². The first-order chi connectivity index (χ1) is 25.7. The zero-order valence-electron chi connectivity index (χ0n) is 28.1. The molecule has 0 atom stereocenters. The van der Waals surface area contributed by atoms with Crippen molar-refractivity contribution in [1.29, 1.82) is 0 Å². The number of hydrogen-bond acceptors (Lipinski definition) is 2. The molecule has 0 radical (unpaired) electrons. The molecule has 0 N–H and O–H groups in total. The maximum Gasteiger partial charge on any atom is 0.158 e. The minimum absolute atomic E-state index is 0.803. The van der Waals surface area contributed by atoms with E-state index in [-0.39, 0.29) is 0 Å². The Hall–Kier alpha value is -7.04. The fourth-order valence-electron chi connectivity index (χ4n) is 8.16. The van der Waals surface area contributed by atoms with Crippen molar-refractivity contribution in [3.63, 3.8) is 0 Å². The molecule has 0 saturated carbocycles. The largest absolute Gasteiger partial charge is 0.462 e. The summed E-state index contributed by atoms with van der Waals surface area (Å²) in [5, 5.41) is 6.95. The summed E-state index contributed by atoms with van der Waals surface area (Å²) in [4.78, 5) is 0. The topological polar surface area (TPSA) is 32.2 Å². The molecule has 0 fully saturated rings. The highest BCUT2D eigenvalue weighted by atomic mass is 16.5. The molecule has 1 aliphatic heterocycles. The molecule has 7 aromatic carbocycles. The highest BCUT2D eigenvalue weighted by Gasteiger charge is 2.22. The van der Waals surface area contributed by atoms with Crippen LogP contribution in [0, 0.1) is 0 Å². The molecule has 3 aromatic heterocycles. The number of allylic oxidation sites excluding steroid dienone is 4. The molecular weight excluding hydrogens is 637 g/mol. The van der Waals surface area contributed by atoms with Crippen molar-refractivity contribution in [2.24, 2.45) is 0 Å². The molecule has 244 valence electrons. The number of para-hydroxylation sites is 3. The van der Waals surface area contributed by atoms with Gasteiger partial charge in [0.15, 0.2) is 5.75 Å². The van der Waals surface area contributed by atoms with Crippen molar-refractivity contribution in [2.45, 2.75) is 0 Å². The van der Waals surface area contributed by atoms with Crippen molar-refractivity contribution < 1.29 is 9.15 Å². The number of aromatic nitrogens is 2. The Labute approximate surface area is 299 Å². The zero-order chi connectivity index (χ0) is 34.3. The molecule has 4 nitrogen and oxygen atoms in total. The molecule has 4 heterocycles. The van der Waals surface area contributed by atoms with Crippen LogP contribution in [0.3, 0.4) is 0 Å². The van der Waals surface area contributed by atoms with E-state index in [1.807, 2.05) is 30.4 Å². The second kappa shape index (κ2) is 11.0. The highest BCUT2D eigenvalue weighted by Crippen LogP contribution is 2.44. The Morgan fingerprint density at radius 1 is 0.462 bits per heavy atom. The minimum atomic E-state index is 0.803. The van der Waals surface area contributed by atoms with Crippen LogP contribution in [-0.2, 0) is 0 Å². The van der Waals surface area contributed by atoms with Crippen molar-refractivity contribution in [1.82, 2.24) is 9.13 Å². The Morgan fingerprint density at radius 3 is 2.00 bits per heavy atom. The van der Waals surface area contributed by atoms with Gasteiger partial charge in [-0.05, 0) is 83.4 Å². The predicted molar refractivity (Wildman–Crippen MR) is 216 cm³/mol. The molecule has 52 heavy (non-hydrogen) atoms. The first-order valence-corrected chi connectivity index (χ1v) is 17.5. The lowest BCUT2D eigenvalue weighted by Gasteiger charge is -2.15. The maximum absolute atomic E-state index is 6.37. The van der Waals surface area contributed by atoms with E-state index in [1.165, 1.54) is 10.8 Å². The van der Waals surface area contributed by atoms with Crippen LogP contribution >= 0.6 is 0 Å². The second-order valence-corrected chi connectivity index (χ2v) is 13.4. The molecule has 0 spiro atoms. The standard InChI is InChI=1S/C48H30N2O2/c1-30-12-10-11-25-51-48-35(30)22-23-38-39-26-31(20-24-42(39)50(47(38)48)34-15-6-3-7-16-34)32-19-21-36-40-28-41-37-17-8-9-18-45(37)52-46(41)29-44(40)49(43(36)27-32)33-13-4-2-5-14-33/h2-29H,1H2/b12-10-,25-11-. The first kappa shape index (κ1) is 28.8. The highest BCUT2D eigenvalue weighted by molar-refractivity contribution is 6.18. The third-order valence-corrected chi connectivity index (χ3v) is 10.5. The van der Waals surface area contributed by atoms with Crippen LogP contribution in [0.4, 0.5) is 0 Å². The van der Waals surface area contributed by atoms with Gasteiger partial charge in [-0.1, -0.05) is 97.6 Å². The van der Waals surface area contributed by atoms with E-state index in [2.05, 4.69) is 149 Å². The quantitative estimate of drug-likeness (QED) is 0.188. The van der Waals surface area contributed by atoms with Gasteiger partial charge in [0.05, 0.1) is 28.3 Å². The number of hydrogen-bond donors (Lipinski definition) is 0. The van der Waals surface area contributed by atoms with Gasteiger partial charge >= 0.3 is 0 Å². The summed E-state index contributed by atoms with van der Waals surface area (Å²) in [5.74, 6) is 0.803. The average molecular weight is 667 g/mol.